The maximum absolute atomic E-state index is 12.0. The average Bonchev–Trinajstić information content (AvgIpc) is 2.32. The Labute approximate surface area is 112 Å². The molecule has 1 amide bonds. The van der Waals surface area contributed by atoms with Gasteiger partial charge in [0.2, 0.25) is 0 Å². The molecule has 0 aromatic carbocycles. The first kappa shape index (κ1) is 15.1. The first-order chi connectivity index (χ1) is 8.86. The van der Waals surface area contributed by atoms with E-state index in [1.165, 1.54) is 0 Å². The summed E-state index contributed by atoms with van der Waals surface area (Å²) in [6.45, 7) is 7.13. The lowest BCUT2D eigenvalue weighted by molar-refractivity contribution is -0.139. The number of hydrogen-bond acceptors (Lipinski definition) is 4. The Kier molecular flexibility index (Phi) is 4.97. The van der Waals surface area contributed by atoms with Gasteiger partial charge in [-0.3, -0.25) is 9.78 Å². The number of hydrogen-bond donors (Lipinski definition) is 2. The van der Waals surface area contributed by atoms with Crippen LogP contribution in [0.15, 0.2) is 0 Å². The second-order valence-electron chi connectivity index (χ2n) is 4.48. The number of aromatic nitrogens is 2. The van der Waals surface area contributed by atoms with E-state index in [2.05, 4.69) is 15.3 Å². The van der Waals surface area contributed by atoms with Crippen molar-refractivity contribution >= 4 is 11.9 Å². The standard InChI is InChI=1S/C13H19N3O3/c1-5-6-10(13(18)19)16-12(17)11-9(4)14-7(2)8(3)15-11/h10H,5-6H2,1-4H3,(H,16,17)(H,18,19). The van der Waals surface area contributed by atoms with Gasteiger partial charge in [-0.1, -0.05) is 13.3 Å². The average molecular weight is 265 g/mol. The lowest BCUT2D eigenvalue weighted by Crippen LogP contribution is -2.41. The third-order valence-corrected chi connectivity index (χ3v) is 2.88. The number of amides is 1. The zero-order valence-electron chi connectivity index (χ0n) is 11.6. The van der Waals surface area contributed by atoms with Crippen molar-refractivity contribution in [1.82, 2.24) is 15.3 Å². The Hall–Kier alpha value is -1.98. The fraction of sp³-hybridized carbons (Fsp3) is 0.538. The molecule has 1 aromatic heterocycles. The van der Waals surface area contributed by atoms with Crippen LogP contribution in [-0.2, 0) is 4.79 Å². The molecule has 1 unspecified atom stereocenters. The summed E-state index contributed by atoms with van der Waals surface area (Å²) >= 11 is 0. The summed E-state index contributed by atoms with van der Waals surface area (Å²) in [7, 11) is 0. The van der Waals surface area contributed by atoms with Gasteiger partial charge in [0.25, 0.3) is 5.91 Å². The maximum Gasteiger partial charge on any atom is 0.326 e. The van der Waals surface area contributed by atoms with Crippen molar-refractivity contribution in [2.75, 3.05) is 0 Å². The summed E-state index contributed by atoms with van der Waals surface area (Å²) in [6.07, 6.45) is 1.06. The van der Waals surface area contributed by atoms with Gasteiger partial charge < -0.3 is 10.4 Å². The highest BCUT2D eigenvalue weighted by Crippen LogP contribution is 2.08. The minimum Gasteiger partial charge on any atom is -0.480 e. The molecule has 2 N–H and O–H groups in total. The molecule has 0 fully saturated rings. The number of carbonyl (C=O) groups is 2. The van der Waals surface area contributed by atoms with Crippen molar-refractivity contribution in [3.8, 4) is 0 Å². The van der Waals surface area contributed by atoms with Crippen LogP contribution in [-0.4, -0.2) is 33.0 Å². The molecule has 1 heterocycles. The normalized spacial score (nSPS) is 12.0. The third kappa shape index (κ3) is 3.74. The summed E-state index contributed by atoms with van der Waals surface area (Å²) < 4.78 is 0. The summed E-state index contributed by atoms with van der Waals surface area (Å²) in [5.74, 6) is -1.53. The third-order valence-electron chi connectivity index (χ3n) is 2.88. The van der Waals surface area contributed by atoms with Gasteiger partial charge >= 0.3 is 5.97 Å². The Bertz CT molecular complexity index is 500. The van der Waals surface area contributed by atoms with Crippen molar-refractivity contribution in [1.29, 1.82) is 0 Å². The van der Waals surface area contributed by atoms with Gasteiger partial charge in [0.1, 0.15) is 11.7 Å². The molecular formula is C13H19N3O3. The highest BCUT2D eigenvalue weighted by Gasteiger charge is 2.22. The fourth-order valence-electron chi connectivity index (χ4n) is 1.70. The van der Waals surface area contributed by atoms with E-state index in [0.717, 1.165) is 5.69 Å². The number of nitrogens with one attached hydrogen (secondary N) is 1. The summed E-state index contributed by atoms with van der Waals surface area (Å²) in [5.41, 5.74) is 2.11. The van der Waals surface area contributed by atoms with Crippen molar-refractivity contribution in [3.05, 3.63) is 22.8 Å². The molecule has 0 saturated heterocycles. The number of carboxylic acids is 1. The fourth-order valence-corrected chi connectivity index (χ4v) is 1.70. The van der Waals surface area contributed by atoms with Crippen LogP contribution < -0.4 is 5.32 Å². The molecule has 0 radical (unpaired) electrons. The monoisotopic (exact) mass is 265 g/mol. The van der Waals surface area contributed by atoms with Crippen LogP contribution >= 0.6 is 0 Å². The van der Waals surface area contributed by atoms with Gasteiger partial charge in [-0.2, -0.15) is 0 Å². The number of nitrogens with zero attached hydrogens (tertiary/aromatic N) is 2. The highest BCUT2D eigenvalue weighted by molar-refractivity contribution is 5.95. The minimum atomic E-state index is -1.04. The van der Waals surface area contributed by atoms with E-state index in [-0.39, 0.29) is 5.69 Å². The van der Waals surface area contributed by atoms with Crippen LogP contribution in [0, 0.1) is 20.8 Å². The molecule has 1 aromatic rings. The molecular weight excluding hydrogens is 246 g/mol. The molecule has 0 aliphatic carbocycles. The van der Waals surface area contributed by atoms with Gasteiger partial charge in [-0.15, -0.1) is 0 Å². The van der Waals surface area contributed by atoms with E-state index in [1.54, 1.807) is 13.8 Å². The van der Waals surface area contributed by atoms with E-state index in [4.69, 9.17) is 5.11 Å². The second kappa shape index (κ2) is 6.26. The van der Waals surface area contributed by atoms with Crippen LogP contribution in [0.4, 0.5) is 0 Å². The molecule has 6 heteroatoms. The Morgan fingerprint density at radius 3 is 2.26 bits per heavy atom. The molecule has 104 valence electrons. The Balaban J connectivity index is 2.94. The summed E-state index contributed by atoms with van der Waals surface area (Å²) in [6, 6.07) is -0.889. The van der Waals surface area contributed by atoms with E-state index in [1.807, 2.05) is 13.8 Å². The molecule has 0 spiro atoms. The minimum absolute atomic E-state index is 0.186. The molecule has 0 aliphatic rings. The van der Waals surface area contributed by atoms with Crippen molar-refractivity contribution in [3.63, 3.8) is 0 Å². The number of carboxylic acid groups (broad SMARTS) is 1. The van der Waals surface area contributed by atoms with E-state index in [9.17, 15) is 9.59 Å². The predicted octanol–water partition coefficient (Wildman–Crippen LogP) is 1.38. The largest absolute Gasteiger partial charge is 0.480 e. The van der Waals surface area contributed by atoms with Crippen LogP contribution in [0.5, 0.6) is 0 Å². The highest BCUT2D eigenvalue weighted by atomic mass is 16.4. The van der Waals surface area contributed by atoms with E-state index in [0.29, 0.717) is 24.2 Å². The lowest BCUT2D eigenvalue weighted by Gasteiger charge is -2.14. The molecule has 0 bridgehead atoms. The zero-order chi connectivity index (χ0) is 14.6. The summed E-state index contributed by atoms with van der Waals surface area (Å²) in [4.78, 5) is 31.5. The molecule has 19 heavy (non-hydrogen) atoms. The topological polar surface area (TPSA) is 92.2 Å². The smallest absolute Gasteiger partial charge is 0.326 e. The molecule has 0 aliphatic heterocycles. The van der Waals surface area contributed by atoms with Gasteiger partial charge in [0, 0.05) is 0 Å². The maximum atomic E-state index is 12.0. The van der Waals surface area contributed by atoms with Crippen molar-refractivity contribution in [2.45, 2.75) is 46.6 Å². The van der Waals surface area contributed by atoms with Crippen molar-refractivity contribution in [2.24, 2.45) is 0 Å². The Morgan fingerprint density at radius 2 is 1.74 bits per heavy atom. The van der Waals surface area contributed by atoms with E-state index < -0.39 is 17.9 Å². The quantitative estimate of drug-likeness (QED) is 0.839. The van der Waals surface area contributed by atoms with Crippen LogP contribution in [0.3, 0.4) is 0 Å². The molecule has 6 nitrogen and oxygen atoms in total. The lowest BCUT2D eigenvalue weighted by atomic mass is 10.1. The number of carbonyl (C=O) groups excluding carboxylic acids is 1. The Morgan fingerprint density at radius 1 is 1.16 bits per heavy atom. The van der Waals surface area contributed by atoms with Gasteiger partial charge in [0.05, 0.1) is 17.1 Å². The molecule has 0 saturated carbocycles. The second-order valence-corrected chi connectivity index (χ2v) is 4.48. The molecule has 1 atom stereocenters. The first-order valence-corrected chi connectivity index (χ1v) is 6.22. The van der Waals surface area contributed by atoms with Gasteiger partial charge in [0.15, 0.2) is 0 Å². The van der Waals surface area contributed by atoms with Crippen LogP contribution in [0.2, 0.25) is 0 Å². The SMILES string of the molecule is CCCC(NC(=O)c1nc(C)c(C)nc1C)C(=O)O. The summed E-state index contributed by atoms with van der Waals surface area (Å²) in [5, 5.41) is 11.5. The van der Waals surface area contributed by atoms with Crippen LogP contribution in [0.1, 0.15) is 47.3 Å². The molecule has 1 rings (SSSR count). The van der Waals surface area contributed by atoms with Gasteiger partial charge in [-0.05, 0) is 27.2 Å². The predicted molar refractivity (Wildman–Crippen MR) is 70.0 cm³/mol. The zero-order valence-corrected chi connectivity index (χ0v) is 11.6. The number of aliphatic carboxylic acids is 1. The number of aryl methyl sites for hydroxylation is 3. The van der Waals surface area contributed by atoms with Crippen LogP contribution in [0.25, 0.3) is 0 Å². The van der Waals surface area contributed by atoms with Crippen molar-refractivity contribution < 1.29 is 14.7 Å². The number of rotatable bonds is 5. The van der Waals surface area contributed by atoms with Gasteiger partial charge in [-0.25, -0.2) is 9.78 Å². The first-order valence-electron chi connectivity index (χ1n) is 6.22. The van der Waals surface area contributed by atoms with E-state index >= 15 is 0 Å².